The fraction of sp³-hybridized carbons (Fsp3) is 0.125. The predicted octanol–water partition coefficient (Wildman–Crippen LogP) is 6.64. The SMILES string of the molecule is O=C(O)c1ccccc1-c1ccc(CNc2nc(C(F)(F)F)nc3cc(C(F)(F)F)ccc23)cc1. The zero-order chi connectivity index (χ0) is 25.4. The highest BCUT2D eigenvalue weighted by molar-refractivity contribution is 5.96. The first-order valence-corrected chi connectivity index (χ1v) is 10.0. The smallest absolute Gasteiger partial charge is 0.451 e. The zero-order valence-electron chi connectivity index (χ0n) is 17.6. The van der Waals surface area contributed by atoms with Crippen molar-refractivity contribution in [1.82, 2.24) is 9.97 Å². The van der Waals surface area contributed by atoms with Crippen LogP contribution in [-0.4, -0.2) is 21.0 Å². The standard InChI is InChI=1S/C24H15F6N3O2/c25-23(26,27)15-9-10-18-19(11-15)32-22(24(28,29)30)33-20(18)31-12-13-5-7-14(8-6-13)16-3-1-2-4-17(16)21(34)35/h1-11H,12H2,(H,34,35)(H,31,32,33). The van der Waals surface area contributed by atoms with Gasteiger partial charge in [0, 0.05) is 11.9 Å². The molecule has 180 valence electrons. The van der Waals surface area contributed by atoms with Crippen molar-refractivity contribution in [1.29, 1.82) is 0 Å². The molecule has 0 radical (unpaired) electrons. The van der Waals surface area contributed by atoms with Crippen molar-refractivity contribution in [2.75, 3.05) is 5.32 Å². The van der Waals surface area contributed by atoms with Gasteiger partial charge in [0.15, 0.2) is 0 Å². The Bertz CT molecular complexity index is 1390. The Kier molecular flexibility index (Phi) is 6.10. The van der Waals surface area contributed by atoms with E-state index >= 15 is 0 Å². The van der Waals surface area contributed by atoms with E-state index in [2.05, 4.69) is 15.3 Å². The average molecular weight is 491 g/mol. The topological polar surface area (TPSA) is 75.1 Å². The van der Waals surface area contributed by atoms with Crippen molar-refractivity contribution in [2.45, 2.75) is 18.9 Å². The molecule has 0 saturated heterocycles. The van der Waals surface area contributed by atoms with E-state index in [0.717, 1.165) is 12.1 Å². The average Bonchev–Trinajstić information content (AvgIpc) is 2.81. The van der Waals surface area contributed by atoms with E-state index in [0.29, 0.717) is 22.8 Å². The summed E-state index contributed by atoms with van der Waals surface area (Å²) in [6, 6.07) is 15.4. The molecule has 0 aliphatic rings. The number of nitrogens with one attached hydrogen (secondary N) is 1. The summed E-state index contributed by atoms with van der Waals surface area (Å²) < 4.78 is 78.9. The minimum atomic E-state index is -4.96. The molecule has 0 aliphatic carbocycles. The fourth-order valence-corrected chi connectivity index (χ4v) is 3.48. The normalized spacial score (nSPS) is 12.1. The van der Waals surface area contributed by atoms with Crippen LogP contribution in [0.5, 0.6) is 0 Å². The molecule has 5 nitrogen and oxygen atoms in total. The lowest BCUT2D eigenvalue weighted by Crippen LogP contribution is -2.14. The molecule has 4 rings (SSSR count). The molecule has 0 aliphatic heterocycles. The third-order valence-electron chi connectivity index (χ3n) is 5.16. The lowest BCUT2D eigenvalue weighted by Gasteiger charge is -2.14. The van der Waals surface area contributed by atoms with Crippen molar-refractivity contribution in [3.63, 3.8) is 0 Å². The van der Waals surface area contributed by atoms with Crippen molar-refractivity contribution >= 4 is 22.7 Å². The minimum Gasteiger partial charge on any atom is -0.478 e. The van der Waals surface area contributed by atoms with Crippen molar-refractivity contribution < 1.29 is 36.2 Å². The van der Waals surface area contributed by atoms with Gasteiger partial charge in [-0.15, -0.1) is 0 Å². The van der Waals surface area contributed by atoms with Crippen LogP contribution >= 0.6 is 0 Å². The molecule has 0 spiro atoms. The number of rotatable bonds is 5. The molecule has 4 aromatic rings. The maximum atomic E-state index is 13.3. The quantitative estimate of drug-likeness (QED) is 0.306. The van der Waals surface area contributed by atoms with Crippen molar-refractivity contribution in [3.05, 3.63) is 89.2 Å². The number of anilines is 1. The number of aromatic carboxylic acids is 1. The van der Waals surface area contributed by atoms with Gasteiger partial charge in [0.05, 0.1) is 16.6 Å². The molecule has 11 heteroatoms. The maximum Gasteiger partial charge on any atom is 0.451 e. The molecule has 0 unspecified atom stereocenters. The lowest BCUT2D eigenvalue weighted by atomic mass is 9.99. The first-order valence-electron chi connectivity index (χ1n) is 10.0. The molecule has 0 amide bonds. The third kappa shape index (κ3) is 5.18. The van der Waals surface area contributed by atoms with E-state index < -0.39 is 35.2 Å². The molecule has 0 bridgehead atoms. The van der Waals surface area contributed by atoms with E-state index in [9.17, 15) is 36.2 Å². The van der Waals surface area contributed by atoms with Gasteiger partial charge in [0.2, 0.25) is 5.82 Å². The zero-order valence-corrected chi connectivity index (χ0v) is 17.6. The summed E-state index contributed by atoms with van der Waals surface area (Å²) in [6.07, 6.45) is -9.70. The molecular formula is C24H15F6N3O2. The summed E-state index contributed by atoms with van der Waals surface area (Å²) in [6.45, 7) is 0.00525. The van der Waals surface area contributed by atoms with E-state index in [1.165, 1.54) is 6.07 Å². The third-order valence-corrected chi connectivity index (χ3v) is 5.16. The summed E-state index contributed by atoms with van der Waals surface area (Å²) in [4.78, 5) is 18.2. The van der Waals surface area contributed by atoms with Crippen LogP contribution < -0.4 is 5.32 Å². The number of hydrogen-bond acceptors (Lipinski definition) is 4. The highest BCUT2D eigenvalue weighted by Gasteiger charge is 2.36. The van der Waals surface area contributed by atoms with E-state index in [-0.39, 0.29) is 23.3 Å². The number of carboxylic acid groups (broad SMARTS) is 1. The van der Waals surface area contributed by atoms with E-state index in [1.54, 1.807) is 42.5 Å². The van der Waals surface area contributed by atoms with Gasteiger partial charge in [-0.1, -0.05) is 42.5 Å². The lowest BCUT2D eigenvalue weighted by molar-refractivity contribution is -0.144. The van der Waals surface area contributed by atoms with Gasteiger partial charge in [-0.2, -0.15) is 26.3 Å². The summed E-state index contributed by atoms with van der Waals surface area (Å²) in [7, 11) is 0. The van der Waals surface area contributed by atoms with Crippen LogP contribution in [0.25, 0.3) is 22.0 Å². The molecule has 3 aromatic carbocycles. The van der Waals surface area contributed by atoms with Crippen LogP contribution in [0.3, 0.4) is 0 Å². The molecular weight excluding hydrogens is 476 g/mol. The highest BCUT2D eigenvalue weighted by atomic mass is 19.4. The fourth-order valence-electron chi connectivity index (χ4n) is 3.48. The molecule has 0 fully saturated rings. The van der Waals surface area contributed by atoms with Crippen LogP contribution in [-0.2, 0) is 18.9 Å². The first-order chi connectivity index (χ1) is 16.4. The van der Waals surface area contributed by atoms with Gasteiger partial charge < -0.3 is 10.4 Å². The monoisotopic (exact) mass is 491 g/mol. The highest BCUT2D eigenvalue weighted by Crippen LogP contribution is 2.35. The van der Waals surface area contributed by atoms with Crippen LogP contribution in [0.1, 0.15) is 27.3 Å². The van der Waals surface area contributed by atoms with Crippen LogP contribution in [0.2, 0.25) is 0 Å². The van der Waals surface area contributed by atoms with Gasteiger partial charge in [0.1, 0.15) is 5.82 Å². The Balaban J connectivity index is 1.64. The number of carbonyl (C=O) groups is 1. The molecule has 2 N–H and O–H groups in total. The summed E-state index contributed by atoms with van der Waals surface area (Å²) in [5.74, 6) is -2.92. The summed E-state index contributed by atoms with van der Waals surface area (Å²) >= 11 is 0. The number of alkyl halides is 6. The van der Waals surface area contributed by atoms with Gasteiger partial charge in [-0.05, 0) is 41.0 Å². The van der Waals surface area contributed by atoms with Gasteiger partial charge >= 0.3 is 18.3 Å². The molecule has 0 atom stereocenters. The largest absolute Gasteiger partial charge is 0.478 e. The Labute approximate surface area is 194 Å². The molecule has 0 saturated carbocycles. The maximum absolute atomic E-state index is 13.3. The number of fused-ring (bicyclic) bond motifs is 1. The number of hydrogen-bond donors (Lipinski definition) is 2. The molecule has 1 heterocycles. The second kappa shape index (κ2) is 8.90. The number of nitrogens with zero attached hydrogens (tertiary/aromatic N) is 2. The number of benzene rings is 3. The first kappa shape index (κ1) is 24.0. The molecule has 35 heavy (non-hydrogen) atoms. The predicted molar refractivity (Wildman–Crippen MR) is 116 cm³/mol. The summed E-state index contributed by atoms with van der Waals surface area (Å²) in [5, 5.41) is 12.1. The number of halogens is 6. The van der Waals surface area contributed by atoms with Crippen molar-refractivity contribution in [3.8, 4) is 11.1 Å². The number of aromatic nitrogens is 2. The molecule has 1 aromatic heterocycles. The van der Waals surface area contributed by atoms with Gasteiger partial charge in [0.25, 0.3) is 0 Å². The Morgan fingerprint density at radius 3 is 2.17 bits per heavy atom. The van der Waals surface area contributed by atoms with Crippen LogP contribution in [0, 0.1) is 0 Å². The van der Waals surface area contributed by atoms with E-state index in [1.807, 2.05) is 0 Å². The number of carboxylic acids is 1. The Hall–Kier alpha value is -4.15. The second-order valence-electron chi connectivity index (χ2n) is 7.52. The Morgan fingerprint density at radius 2 is 1.54 bits per heavy atom. The van der Waals surface area contributed by atoms with Crippen LogP contribution in [0.4, 0.5) is 32.2 Å². The van der Waals surface area contributed by atoms with Gasteiger partial charge in [-0.3, -0.25) is 0 Å². The van der Waals surface area contributed by atoms with Crippen molar-refractivity contribution in [2.24, 2.45) is 0 Å². The summed E-state index contributed by atoms with van der Waals surface area (Å²) in [5.41, 5.74) is 0.234. The van der Waals surface area contributed by atoms with E-state index in [4.69, 9.17) is 0 Å². The minimum absolute atomic E-state index is 0.00185. The van der Waals surface area contributed by atoms with Crippen LogP contribution in [0.15, 0.2) is 66.7 Å². The van der Waals surface area contributed by atoms with Gasteiger partial charge in [-0.25, -0.2) is 14.8 Å². The second-order valence-corrected chi connectivity index (χ2v) is 7.52. The Morgan fingerprint density at radius 1 is 0.857 bits per heavy atom.